The number of rotatable bonds is 4. The largest absolute Gasteiger partial charge is 0.356 e. The molecule has 0 saturated carbocycles. The van der Waals surface area contributed by atoms with Crippen LogP contribution in [0.25, 0.3) is 0 Å². The Balaban J connectivity index is 1.85. The van der Waals surface area contributed by atoms with Gasteiger partial charge in [0.25, 0.3) is 0 Å². The van der Waals surface area contributed by atoms with E-state index in [4.69, 9.17) is 0 Å². The van der Waals surface area contributed by atoms with Crippen molar-refractivity contribution in [3.63, 3.8) is 0 Å². The summed E-state index contributed by atoms with van der Waals surface area (Å²) in [6.07, 6.45) is 6.09. The highest BCUT2D eigenvalue weighted by atomic mass is 32.2. The predicted molar refractivity (Wildman–Crippen MR) is 69.0 cm³/mol. The number of carbonyl (C=O) groups is 1. The molecule has 0 aliphatic carbocycles. The van der Waals surface area contributed by atoms with Gasteiger partial charge in [-0.05, 0) is 19.3 Å². The minimum absolute atomic E-state index is 0.137. The maximum absolute atomic E-state index is 11.7. The first-order valence-corrected chi connectivity index (χ1v) is 7.22. The number of thioether (sulfide) groups is 1. The zero-order valence-corrected chi connectivity index (χ0v) is 11.0. The summed E-state index contributed by atoms with van der Waals surface area (Å²) >= 11 is 1.65. The molecule has 1 aromatic rings. The number of nitrogens with one attached hydrogen (secondary N) is 2. The summed E-state index contributed by atoms with van der Waals surface area (Å²) in [5, 5.41) is 3.89. The zero-order chi connectivity index (χ0) is 12.1. The SMILES string of the molecule is CCc1cnc(SCC2CCCCNC2=O)[nH]1. The first kappa shape index (κ1) is 12.5. The van der Waals surface area contributed by atoms with Crippen LogP contribution in [-0.4, -0.2) is 28.2 Å². The minimum Gasteiger partial charge on any atom is -0.356 e. The van der Waals surface area contributed by atoms with Crippen LogP contribution in [0.5, 0.6) is 0 Å². The van der Waals surface area contributed by atoms with Crippen molar-refractivity contribution in [2.24, 2.45) is 5.92 Å². The van der Waals surface area contributed by atoms with Gasteiger partial charge in [-0.25, -0.2) is 4.98 Å². The van der Waals surface area contributed by atoms with Crippen LogP contribution in [0.2, 0.25) is 0 Å². The fourth-order valence-corrected chi connectivity index (χ4v) is 2.94. The average molecular weight is 253 g/mol. The fourth-order valence-electron chi connectivity index (χ4n) is 1.93. The molecule has 0 bridgehead atoms. The van der Waals surface area contributed by atoms with Crippen LogP contribution in [0.3, 0.4) is 0 Å². The standard InChI is InChI=1S/C12H19N3OS/c1-2-10-7-14-12(15-10)17-8-9-5-3-4-6-13-11(9)16/h7,9H,2-6,8H2,1H3,(H,13,16)(H,14,15). The molecule has 5 heteroatoms. The second-order valence-electron chi connectivity index (χ2n) is 4.36. The van der Waals surface area contributed by atoms with Gasteiger partial charge in [0.15, 0.2) is 5.16 Å². The third-order valence-electron chi connectivity index (χ3n) is 3.06. The Kier molecular flexibility index (Phi) is 4.48. The van der Waals surface area contributed by atoms with Crippen LogP contribution in [0, 0.1) is 5.92 Å². The van der Waals surface area contributed by atoms with Gasteiger partial charge in [0.1, 0.15) is 0 Å². The molecule has 17 heavy (non-hydrogen) atoms. The average Bonchev–Trinajstić information content (AvgIpc) is 2.70. The van der Waals surface area contributed by atoms with E-state index in [1.807, 2.05) is 6.20 Å². The second kappa shape index (κ2) is 6.10. The Morgan fingerprint density at radius 3 is 3.18 bits per heavy atom. The molecule has 1 atom stereocenters. The van der Waals surface area contributed by atoms with Crippen LogP contribution >= 0.6 is 11.8 Å². The molecular weight excluding hydrogens is 234 g/mol. The molecule has 0 radical (unpaired) electrons. The van der Waals surface area contributed by atoms with Crippen molar-refractivity contribution in [2.45, 2.75) is 37.8 Å². The lowest BCUT2D eigenvalue weighted by atomic mass is 10.1. The summed E-state index contributed by atoms with van der Waals surface area (Å²) in [7, 11) is 0. The molecule has 2 rings (SSSR count). The van der Waals surface area contributed by atoms with Gasteiger partial charge in [-0.1, -0.05) is 25.1 Å². The first-order chi connectivity index (χ1) is 8.29. The van der Waals surface area contributed by atoms with Crippen LogP contribution in [-0.2, 0) is 11.2 Å². The van der Waals surface area contributed by atoms with E-state index in [0.717, 1.165) is 48.8 Å². The smallest absolute Gasteiger partial charge is 0.223 e. The van der Waals surface area contributed by atoms with E-state index in [9.17, 15) is 4.79 Å². The highest BCUT2D eigenvalue weighted by Gasteiger charge is 2.20. The first-order valence-electron chi connectivity index (χ1n) is 6.24. The minimum atomic E-state index is 0.137. The van der Waals surface area contributed by atoms with Crippen molar-refractivity contribution in [1.82, 2.24) is 15.3 Å². The fraction of sp³-hybridized carbons (Fsp3) is 0.667. The van der Waals surface area contributed by atoms with Gasteiger partial charge in [0.05, 0.1) is 0 Å². The quantitative estimate of drug-likeness (QED) is 0.807. The molecule has 1 fully saturated rings. The van der Waals surface area contributed by atoms with E-state index in [-0.39, 0.29) is 11.8 Å². The van der Waals surface area contributed by atoms with Gasteiger partial charge in [0.2, 0.25) is 5.91 Å². The number of aryl methyl sites for hydroxylation is 1. The number of nitrogens with zero attached hydrogens (tertiary/aromatic N) is 1. The van der Waals surface area contributed by atoms with Gasteiger partial charge in [-0.15, -0.1) is 0 Å². The summed E-state index contributed by atoms with van der Waals surface area (Å²) in [6.45, 7) is 2.93. The zero-order valence-electron chi connectivity index (χ0n) is 10.2. The molecule has 1 amide bonds. The third-order valence-corrected chi connectivity index (χ3v) is 4.11. The monoisotopic (exact) mass is 253 g/mol. The maximum atomic E-state index is 11.7. The summed E-state index contributed by atoms with van der Waals surface area (Å²) in [6, 6.07) is 0. The molecule has 2 N–H and O–H groups in total. The number of hydrogen-bond acceptors (Lipinski definition) is 3. The highest BCUT2D eigenvalue weighted by Crippen LogP contribution is 2.22. The molecule has 2 heterocycles. The number of aromatic amines is 1. The van der Waals surface area contributed by atoms with Crippen LogP contribution in [0.4, 0.5) is 0 Å². The summed E-state index contributed by atoms with van der Waals surface area (Å²) < 4.78 is 0. The van der Waals surface area contributed by atoms with Crippen LogP contribution in [0.1, 0.15) is 31.9 Å². The topological polar surface area (TPSA) is 57.8 Å². The number of aromatic nitrogens is 2. The van der Waals surface area contributed by atoms with E-state index < -0.39 is 0 Å². The summed E-state index contributed by atoms with van der Waals surface area (Å²) in [5.74, 6) is 1.16. The van der Waals surface area contributed by atoms with Crippen molar-refractivity contribution in [3.8, 4) is 0 Å². The Hall–Kier alpha value is -0.970. The van der Waals surface area contributed by atoms with Crippen molar-refractivity contribution in [1.29, 1.82) is 0 Å². The molecule has 0 aromatic carbocycles. The number of imidazole rings is 1. The van der Waals surface area contributed by atoms with E-state index >= 15 is 0 Å². The third kappa shape index (κ3) is 3.49. The van der Waals surface area contributed by atoms with Crippen molar-refractivity contribution in [3.05, 3.63) is 11.9 Å². The summed E-state index contributed by atoms with van der Waals surface area (Å²) in [5.41, 5.74) is 1.15. The van der Waals surface area contributed by atoms with Crippen molar-refractivity contribution >= 4 is 17.7 Å². The maximum Gasteiger partial charge on any atom is 0.223 e. The van der Waals surface area contributed by atoms with Crippen LogP contribution < -0.4 is 5.32 Å². The Morgan fingerprint density at radius 2 is 2.41 bits per heavy atom. The van der Waals surface area contributed by atoms with Crippen molar-refractivity contribution < 1.29 is 4.79 Å². The Labute approximate surface area is 106 Å². The van der Waals surface area contributed by atoms with Gasteiger partial charge >= 0.3 is 0 Å². The van der Waals surface area contributed by atoms with Gasteiger partial charge < -0.3 is 10.3 Å². The molecule has 1 aliphatic heterocycles. The van der Waals surface area contributed by atoms with Crippen LogP contribution in [0.15, 0.2) is 11.4 Å². The molecule has 4 nitrogen and oxygen atoms in total. The van der Waals surface area contributed by atoms with Gasteiger partial charge in [-0.2, -0.15) is 0 Å². The Morgan fingerprint density at radius 1 is 1.53 bits per heavy atom. The van der Waals surface area contributed by atoms with Crippen molar-refractivity contribution in [2.75, 3.05) is 12.3 Å². The molecule has 1 unspecified atom stereocenters. The molecule has 1 saturated heterocycles. The molecule has 94 valence electrons. The lowest BCUT2D eigenvalue weighted by Crippen LogP contribution is -2.30. The normalized spacial score (nSPS) is 21.0. The number of amides is 1. The number of H-pyrrole nitrogens is 1. The Bertz CT molecular complexity index is 378. The van der Waals surface area contributed by atoms with E-state index in [0.29, 0.717) is 0 Å². The van der Waals surface area contributed by atoms with E-state index in [1.165, 1.54) is 0 Å². The molecule has 0 spiro atoms. The highest BCUT2D eigenvalue weighted by molar-refractivity contribution is 7.99. The van der Waals surface area contributed by atoms with Gasteiger partial charge in [0, 0.05) is 30.1 Å². The lowest BCUT2D eigenvalue weighted by molar-refractivity contribution is -0.123. The second-order valence-corrected chi connectivity index (χ2v) is 5.37. The predicted octanol–water partition coefficient (Wildman–Crippen LogP) is 1.98. The number of hydrogen-bond donors (Lipinski definition) is 2. The summed E-state index contributed by atoms with van der Waals surface area (Å²) in [4.78, 5) is 19.3. The molecular formula is C12H19N3OS. The van der Waals surface area contributed by atoms with E-state index in [1.54, 1.807) is 11.8 Å². The van der Waals surface area contributed by atoms with Gasteiger partial charge in [-0.3, -0.25) is 4.79 Å². The molecule has 1 aliphatic rings. The number of carbonyl (C=O) groups excluding carboxylic acids is 1. The lowest BCUT2D eigenvalue weighted by Gasteiger charge is -2.11. The molecule has 1 aromatic heterocycles. The van der Waals surface area contributed by atoms with E-state index in [2.05, 4.69) is 22.2 Å².